The summed E-state index contributed by atoms with van der Waals surface area (Å²) >= 11 is 6.17. The van der Waals surface area contributed by atoms with Crippen molar-refractivity contribution in [2.45, 2.75) is 57.9 Å². The average molecular weight is 667 g/mol. The Kier molecular flexibility index (Phi) is 9.52. The molecule has 1 amide bonds. The van der Waals surface area contributed by atoms with Gasteiger partial charge in [0, 0.05) is 61.9 Å². The van der Waals surface area contributed by atoms with E-state index in [1.54, 1.807) is 12.1 Å². The van der Waals surface area contributed by atoms with Crippen molar-refractivity contribution in [1.29, 1.82) is 0 Å². The topological polar surface area (TPSA) is 89.3 Å². The summed E-state index contributed by atoms with van der Waals surface area (Å²) in [5, 5.41) is 1.07. The number of rotatable bonds is 11. The van der Waals surface area contributed by atoms with Crippen LogP contribution in [-0.4, -0.2) is 43.0 Å². The molecule has 3 aliphatic heterocycles. The molecule has 7 rings (SSSR count). The highest BCUT2D eigenvalue weighted by atomic mass is 35.5. The molecule has 248 valence electrons. The largest absolute Gasteiger partial charge is 0.454 e. The maximum absolute atomic E-state index is 13.2. The molecule has 0 radical (unpaired) electrons. The zero-order valence-electron chi connectivity index (χ0n) is 26.9. The number of anilines is 1. The van der Waals surface area contributed by atoms with Crippen LogP contribution >= 0.6 is 11.6 Å². The third-order valence-corrected chi connectivity index (χ3v) is 9.88. The van der Waals surface area contributed by atoms with Gasteiger partial charge in [-0.15, -0.1) is 0 Å². The van der Waals surface area contributed by atoms with Crippen LogP contribution in [0, 0.1) is 5.92 Å². The molecule has 4 heterocycles. The summed E-state index contributed by atoms with van der Waals surface area (Å²) in [6.45, 7) is 3.44. The number of ketones is 1. The molecule has 8 nitrogen and oxygen atoms in total. The van der Waals surface area contributed by atoms with Crippen molar-refractivity contribution in [2.24, 2.45) is 5.92 Å². The summed E-state index contributed by atoms with van der Waals surface area (Å²) in [6, 6.07) is 20.9. The molecule has 48 heavy (non-hydrogen) atoms. The van der Waals surface area contributed by atoms with E-state index in [-0.39, 0.29) is 42.0 Å². The van der Waals surface area contributed by atoms with E-state index in [2.05, 4.69) is 47.4 Å². The van der Waals surface area contributed by atoms with Crippen LogP contribution in [0.1, 0.15) is 66.6 Å². The summed E-state index contributed by atoms with van der Waals surface area (Å²) in [5.41, 5.74) is 5.11. The second-order valence-electron chi connectivity index (χ2n) is 12.9. The molecule has 0 N–H and O–H groups in total. The zero-order valence-corrected chi connectivity index (χ0v) is 27.7. The first-order chi connectivity index (χ1) is 23.4. The molecule has 1 atom stereocenters. The van der Waals surface area contributed by atoms with Crippen LogP contribution in [-0.2, 0) is 17.8 Å². The number of carbonyl (C=O) groups is 2. The van der Waals surface area contributed by atoms with Crippen molar-refractivity contribution < 1.29 is 23.5 Å². The summed E-state index contributed by atoms with van der Waals surface area (Å²) in [5.74, 6) is 1.38. The van der Waals surface area contributed by atoms with Gasteiger partial charge in [0.05, 0.1) is 5.39 Å². The maximum atomic E-state index is 13.2. The Morgan fingerprint density at radius 2 is 1.69 bits per heavy atom. The Labute approximate surface area is 284 Å². The van der Waals surface area contributed by atoms with Crippen LogP contribution in [0.2, 0.25) is 5.02 Å². The number of benzene rings is 3. The fourth-order valence-corrected chi connectivity index (χ4v) is 7.19. The van der Waals surface area contributed by atoms with Gasteiger partial charge in [-0.3, -0.25) is 14.4 Å². The fourth-order valence-electron chi connectivity index (χ4n) is 7.06. The molecule has 4 aromatic rings. The minimum Gasteiger partial charge on any atom is -0.454 e. The van der Waals surface area contributed by atoms with Crippen LogP contribution < -0.4 is 19.8 Å². The van der Waals surface area contributed by atoms with Crippen molar-refractivity contribution >= 4 is 39.9 Å². The Morgan fingerprint density at radius 1 is 0.917 bits per heavy atom. The molecule has 0 aliphatic carbocycles. The number of para-hydroxylation sites is 1. The molecule has 0 saturated carbocycles. The van der Waals surface area contributed by atoms with Gasteiger partial charge in [0.25, 0.3) is 0 Å². The predicted octanol–water partition coefficient (Wildman–Crippen LogP) is 7.74. The number of hydrogen-bond acceptors (Lipinski definition) is 7. The van der Waals surface area contributed by atoms with Crippen molar-refractivity contribution in [3.8, 4) is 11.5 Å². The summed E-state index contributed by atoms with van der Waals surface area (Å²) in [4.78, 5) is 42.8. The summed E-state index contributed by atoms with van der Waals surface area (Å²) < 4.78 is 16.7. The number of nitrogens with zero attached hydrogens (tertiary/aromatic N) is 2. The molecule has 3 aromatic carbocycles. The van der Waals surface area contributed by atoms with Crippen molar-refractivity contribution in [3.05, 3.63) is 111 Å². The van der Waals surface area contributed by atoms with E-state index in [0.717, 1.165) is 51.7 Å². The molecule has 0 spiro atoms. The van der Waals surface area contributed by atoms with Crippen molar-refractivity contribution in [3.63, 3.8) is 0 Å². The van der Waals surface area contributed by atoms with E-state index >= 15 is 0 Å². The SMILES string of the molecule is O=C(CCC[C@@H](C=C1CCN(c2ccccc2CN2CCCC2=O)CC1)Cc1ccc(Cl)cc1)c1cc(=O)c2cc3c(cc2o1)OCO3. The van der Waals surface area contributed by atoms with Crippen LogP contribution in [0.4, 0.5) is 5.69 Å². The maximum Gasteiger partial charge on any atom is 0.231 e. The highest BCUT2D eigenvalue weighted by molar-refractivity contribution is 6.30. The predicted molar refractivity (Wildman–Crippen MR) is 186 cm³/mol. The number of likely N-dealkylation sites (tertiary alicyclic amines) is 1. The number of halogens is 1. The normalized spacial score (nSPS) is 16.5. The number of fused-ring (bicyclic) bond motifs is 2. The van der Waals surface area contributed by atoms with Gasteiger partial charge in [-0.2, -0.15) is 0 Å². The molecule has 2 fully saturated rings. The average Bonchev–Trinajstić information content (AvgIpc) is 3.73. The van der Waals surface area contributed by atoms with E-state index in [4.69, 9.17) is 25.5 Å². The highest BCUT2D eigenvalue weighted by Gasteiger charge is 2.24. The first-order valence-electron chi connectivity index (χ1n) is 16.8. The van der Waals surface area contributed by atoms with E-state index in [1.165, 1.54) is 28.5 Å². The molecule has 3 aliphatic rings. The van der Waals surface area contributed by atoms with E-state index in [1.807, 2.05) is 17.0 Å². The second kappa shape index (κ2) is 14.3. The van der Waals surface area contributed by atoms with E-state index < -0.39 is 0 Å². The number of carbonyl (C=O) groups excluding carboxylic acids is 2. The first-order valence-corrected chi connectivity index (χ1v) is 17.2. The fraction of sp³-hybridized carbons (Fsp3) is 0.359. The van der Waals surface area contributed by atoms with Gasteiger partial charge in [-0.1, -0.05) is 53.6 Å². The van der Waals surface area contributed by atoms with Crippen LogP contribution in [0.3, 0.4) is 0 Å². The minimum atomic E-state index is -0.276. The molecule has 2 saturated heterocycles. The van der Waals surface area contributed by atoms with Gasteiger partial charge in [-0.25, -0.2) is 0 Å². The molecule has 0 unspecified atom stereocenters. The van der Waals surface area contributed by atoms with Crippen LogP contribution in [0.15, 0.2) is 87.6 Å². The Morgan fingerprint density at radius 3 is 2.46 bits per heavy atom. The molecular weight excluding hydrogens is 628 g/mol. The molecule has 0 bridgehead atoms. The quantitative estimate of drug-likeness (QED) is 0.120. The highest BCUT2D eigenvalue weighted by Crippen LogP contribution is 2.35. The molecular formula is C39H39ClN2O6. The van der Waals surface area contributed by atoms with Gasteiger partial charge in [0.15, 0.2) is 28.5 Å². The Hall–Kier alpha value is -4.56. The van der Waals surface area contributed by atoms with Gasteiger partial charge in [0.1, 0.15) is 5.58 Å². The second-order valence-corrected chi connectivity index (χ2v) is 13.4. The van der Waals surface area contributed by atoms with Gasteiger partial charge in [-0.05, 0) is 79.8 Å². The standard InChI is InChI=1S/C39H39ClN2O6/c40-30-12-10-26(11-13-30)19-28(5-3-8-33(43)36-22-34(44)31-21-37-38(47-25-46-37)23-35(31)48-36)20-27-14-17-41(18-15-27)32-7-2-1-6-29(32)24-42-16-4-9-39(42)45/h1-2,6-7,10-13,20-23,28H,3-5,8-9,14-19,24-25H2/t28-/m1/s1. The van der Waals surface area contributed by atoms with Crippen LogP contribution in [0.25, 0.3) is 11.0 Å². The Balaban J connectivity index is 1.01. The number of amides is 1. The lowest BCUT2D eigenvalue weighted by Gasteiger charge is -2.33. The molecule has 1 aromatic heterocycles. The lowest BCUT2D eigenvalue weighted by atomic mass is 9.89. The van der Waals surface area contributed by atoms with E-state index in [0.29, 0.717) is 46.9 Å². The van der Waals surface area contributed by atoms with Crippen LogP contribution in [0.5, 0.6) is 11.5 Å². The number of Topliss-reactive ketones (excluding diaryl/α,β-unsaturated/α-hetero) is 1. The van der Waals surface area contributed by atoms with Gasteiger partial charge in [0.2, 0.25) is 12.7 Å². The van der Waals surface area contributed by atoms with Gasteiger partial charge < -0.3 is 23.7 Å². The third-order valence-electron chi connectivity index (χ3n) is 9.63. The van der Waals surface area contributed by atoms with Crippen molar-refractivity contribution in [2.75, 3.05) is 31.3 Å². The summed E-state index contributed by atoms with van der Waals surface area (Å²) in [7, 11) is 0. The number of allylic oxidation sites excluding steroid dienone is 1. The number of ether oxygens (including phenoxy) is 2. The number of hydrogen-bond donors (Lipinski definition) is 0. The first kappa shape index (κ1) is 32.0. The Bertz CT molecular complexity index is 1910. The lowest BCUT2D eigenvalue weighted by Crippen LogP contribution is -2.32. The third kappa shape index (κ3) is 7.29. The van der Waals surface area contributed by atoms with Gasteiger partial charge >= 0.3 is 0 Å². The minimum absolute atomic E-state index is 0.0701. The monoisotopic (exact) mass is 666 g/mol. The lowest BCUT2D eigenvalue weighted by molar-refractivity contribution is -0.128. The zero-order chi connectivity index (χ0) is 33.0. The number of piperidine rings is 1. The van der Waals surface area contributed by atoms with Crippen molar-refractivity contribution in [1.82, 2.24) is 4.90 Å². The smallest absolute Gasteiger partial charge is 0.231 e. The van der Waals surface area contributed by atoms with E-state index in [9.17, 15) is 14.4 Å². The molecule has 9 heteroatoms. The summed E-state index contributed by atoms with van der Waals surface area (Å²) in [6.07, 6.45) is 8.57.